The Morgan fingerprint density at radius 3 is 2.54 bits per heavy atom. The summed E-state index contributed by atoms with van der Waals surface area (Å²) in [7, 11) is -4.21. The normalized spacial score (nSPS) is 19.2. The first-order valence-electron chi connectivity index (χ1n) is 7.39. The van der Waals surface area contributed by atoms with Crippen molar-refractivity contribution < 1.29 is 21.6 Å². The second kappa shape index (κ2) is 5.37. The van der Waals surface area contributed by atoms with Crippen LogP contribution in [0.2, 0.25) is 5.02 Å². The van der Waals surface area contributed by atoms with Gasteiger partial charge in [0.05, 0.1) is 11.6 Å². The van der Waals surface area contributed by atoms with Gasteiger partial charge < -0.3 is 4.42 Å². The van der Waals surface area contributed by atoms with Crippen LogP contribution in [0.3, 0.4) is 0 Å². The van der Waals surface area contributed by atoms with Crippen molar-refractivity contribution >= 4 is 32.7 Å². The number of halogens is 3. The molecule has 5 nitrogen and oxygen atoms in total. The number of oxazole rings is 1. The highest BCUT2D eigenvalue weighted by atomic mass is 35.5. The van der Waals surface area contributed by atoms with E-state index in [0.717, 1.165) is 4.31 Å². The maximum absolute atomic E-state index is 13.4. The molecule has 2 aromatic rings. The third-order valence-electron chi connectivity index (χ3n) is 3.84. The van der Waals surface area contributed by atoms with Crippen LogP contribution in [0.5, 0.6) is 0 Å². The molecule has 0 unspecified atom stereocenters. The van der Waals surface area contributed by atoms with E-state index in [1.165, 1.54) is 6.07 Å². The molecule has 0 bridgehead atoms. The maximum atomic E-state index is 13.4. The molecular weight excluding hydrogens is 362 g/mol. The average molecular weight is 379 g/mol. The molecule has 3 rings (SSSR count). The van der Waals surface area contributed by atoms with Crippen molar-refractivity contribution in [2.75, 3.05) is 13.1 Å². The largest absolute Gasteiger partial charge is 0.439 e. The topological polar surface area (TPSA) is 63.4 Å². The number of nitrogens with zero attached hydrogens (tertiary/aromatic N) is 2. The molecule has 1 aromatic carbocycles. The van der Waals surface area contributed by atoms with Gasteiger partial charge in [0, 0.05) is 18.4 Å². The molecule has 1 saturated heterocycles. The summed E-state index contributed by atoms with van der Waals surface area (Å²) < 4.78 is 59.0. The summed E-state index contributed by atoms with van der Waals surface area (Å²) >= 11 is 6.08. The highest BCUT2D eigenvalue weighted by Gasteiger charge is 2.45. The van der Waals surface area contributed by atoms with Gasteiger partial charge >= 0.3 is 0 Å². The summed E-state index contributed by atoms with van der Waals surface area (Å²) in [5.41, 5.74) is -0.107. The van der Waals surface area contributed by atoms with Crippen LogP contribution in [0.15, 0.2) is 21.4 Å². The Labute approximate surface area is 143 Å². The predicted octanol–water partition coefficient (Wildman–Crippen LogP) is 3.81. The maximum Gasteiger partial charge on any atom is 0.262 e. The van der Waals surface area contributed by atoms with Gasteiger partial charge in [0.25, 0.3) is 5.92 Å². The van der Waals surface area contributed by atoms with E-state index in [2.05, 4.69) is 4.98 Å². The van der Waals surface area contributed by atoms with Crippen LogP contribution < -0.4 is 0 Å². The Hall–Kier alpha value is -1.25. The fraction of sp³-hybridized carbons (Fsp3) is 0.533. The van der Waals surface area contributed by atoms with Crippen LogP contribution in [0.4, 0.5) is 8.78 Å². The monoisotopic (exact) mass is 378 g/mol. The van der Waals surface area contributed by atoms with Gasteiger partial charge in [-0.25, -0.2) is 22.2 Å². The Balaban J connectivity index is 2.18. The van der Waals surface area contributed by atoms with Gasteiger partial charge in [-0.15, -0.1) is 0 Å². The summed E-state index contributed by atoms with van der Waals surface area (Å²) in [6.45, 7) is 4.49. The van der Waals surface area contributed by atoms with Crippen LogP contribution in [0.25, 0.3) is 11.1 Å². The molecule has 0 saturated carbocycles. The van der Waals surface area contributed by atoms with Crippen molar-refractivity contribution in [3.63, 3.8) is 0 Å². The van der Waals surface area contributed by atoms with Crippen molar-refractivity contribution in [3.8, 4) is 0 Å². The zero-order chi connectivity index (χ0) is 17.9. The number of hydrogen-bond donors (Lipinski definition) is 0. The van der Waals surface area contributed by atoms with Gasteiger partial charge in [-0.1, -0.05) is 32.4 Å². The Morgan fingerprint density at radius 1 is 1.33 bits per heavy atom. The number of alkyl halides is 2. The van der Waals surface area contributed by atoms with Crippen molar-refractivity contribution in [1.29, 1.82) is 0 Å². The van der Waals surface area contributed by atoms with Crippen molar-refractivity contribution in [1.82, 2.24) is 9.29 Å². The molecule has 132 valence electrons. The number of sulfonamides is 1. The summed E-state index contributed by atoms with van der Waals surface area (Å²) in [6, 6.07) is 2.94. The molecule has 0 amide bonds. The van der Waals surface area contributed by atoms with E-state index < -0.39 is 34.3 Å². The van der Waals surface area contributed by atoms with Crippen LogP contribution in [-0.2, 0) is 15.4 Å². The van der Waals surface area contributed by atoms with E-state index in [0.29, 0.717) is 11.4 Å². The molecule has 2 heterocycles. The first-order chi connectivity index (χ1) is 10.9. The SMILES string of the molecule is CC(C)(C)c1nc2ccc(Cl)c(S(=O)(=O)N3CCC(F)(F)C3)c2o1. The van der Waals surface area contributed by atoms with E-state index in [9.17, 15) is 17.2 Å². The molecule has 1 aliphatic heterocycles. The number of hydrogen-bond acceptors (Lipinski definition) is 4. The van der Waals surface area contributed by atoms with E-state index in [1.54, 1.807) is 6.07 Å². The van der Waals surface area contributed by atoms with Crippen LogP contribution in [-0.4, -0.2) is 36.7 Å². The highest BCUT2D eigenvalue weighted by molar-refractivity contribution is 7.89. The van der Waals surface area contributed by atoms with Crippen molar-refractivity contribution in [2.24, 2.45) is 0 Å². The fourth-order valence-corrected chi connectivity index (χ4v) is 4.63. The zero-order valence-corrected chi connectivity index (χ0v) is 15.0. The smallest absolute Gasteiger partial charge is 0.262 e. The Kier molecular flexibility index (Phi) is 3.93. The second-order valence-electron chi connectivity index (χ2n) is 6.94. The third kappa shape index (κ3) is 2.91. The van der Waals surface area contributed by atoms with Crippen LogP contribution in [0.1, 0.15) is 33.1 Å². The molecule has 0 aliphatic carbocycles. The minimum Gasteiger partial charge on any atom is -0.439 e. The molecule has 0 spiro atoms. The molecule has 0 atom stereocenters. The van der Waals surface area contributed by atoms with E-state index >= 15 is 0 Å². The van der Waals surface area contributed by atoms with Gasteiger partial charge in [0.15, 0.2) is 5.58 Å². The Morgan fingerprint density at radius 2 is 2.00 bits per heavy atom. The highest BCUT2D eigenvalue weighted by Crippen LogP contribution is 2.38. The van der Waals surface area contributed by atoms with Crippen LogP contribution >= 0.6 is 11.6 Å². The van der Waals surface area contributed by atoms with Crippen molar-refractivity contribution in [3.05, 3.63) is 23.0 Å². The third-order valence-corrected chi connectivity index (χ3v) is 6.18. The average Bonchev–Trinajstić information content (AvgIpc) is 3.01. The first-order valence-corrected chi connectivity index (χ1v) is 9.21. The van der Waals surface area contributed by atoms with Crippen LogP contribution in [0, 0.1) is 0 Å². The molecule has 1 fully saturated rings. The number of fused-ring (bicyclic) bond motifs is 1. The standard InChI is InChI=1S/C15H17ClF2N2O3S/c1-14(2,3)13-19-10-5-4-9(16)12(11(10)23-13)24(21,22)20-7-6-15(17,18)8-20/h4-5H,6-8H2,1-3H3. The first kappa shape index (κ1) is 17.6. The lowest BCUT2D eigenvalue weighted by Gasteiger charge is -2.17. The minimum atomic E-state index is -4.21. The minimum absolute atomic E-state index is 0.00245. The van der Waals surface area contributed by atoms with E-state index in [4.69, 9.17) is 16.0 Å². The zero-order valence-electron chi connectivity index (χ0n) is 13.4. The van der Waals surface area contributed by atoms with Gasteiger partial charge in [0.1, 0.15) is 10.4 Å². The quantitative estimate of drug-likeness (QED) is 0.797. The van der Waals surface area contributed by atoms with Crippen molar-refractivity contribution in [2.45, 2.75) is 43.4 Å². The molecule has 9 heteroatoms. The van der Waals surface area contributed by atoms with Gasteiger partial charge in [0.2, 0.25) is 15.9 Å². The fourth-order valence-electron chi connectivity index (χ4n) is 2.54. The lowest BCUT2D eigenvalue weighted by atomic mass is 9.97. The van der Waals surface area contributed by atoms with Gasteiger partial charge in [-0.05, 0) is 12.1 Å². The number of aromatic nitrogens is 1. The predicted molar refractivity (Wildman–Crippen MR) is 86.0 cm³/mol. The van der Waals surface area contributed by atoms with Gasteiger partial charge in [-0.2, -0.15) is 4.31 Å². The summed E-state index contributed by atoms with van der Waals surface area (Å²) in [5, 5.41) is -0.0747. The number of rotatable bonds is 2. The summed E-state index contributed by atoms with van der Waals surface area (Å²) in [6.07, 6.45) is -0.510. The van der Waals surface area contributed by atoms with E-state index in [-0.39, 0.29) is 22.0 Å². The lowest BCUT2D eigenvalue weighted by molar-refractivity contribution is 0.0183. The molecule has 1 aromatic heterocycles. The second-order valence-corrected chi connectivity index (χ2v) is 9.22. The summed E-state index contributed by atoms with van der Waals surface area (Å²) in [5.74, 6) is -2.69. The van der Waals surface area contributed by atoms with Gasteiger partial charge in [-0.3, -0.25) is 0 Å². The summed E-state index contributed by atoms with van der Waals surface area (Å²) in [4.78, 5) is 3.99. The lowest BCUT2D eigenvalue weighted by Crippen LogP contribution is -2.31. The van der Waals surface area contributed by atoms with E-state index in [1.807, 2.05) is 20.8 Å². The molecule has 1 aliphatic rings. The molecular formula is C15H17ClF2N2O3S. The Bertz CT molecular complexity index is 903. The number of benzene rings is 1. The molecule has 0 radical (unpaired) electrons. The molecule has 0 N–H and O–H groups in total. The molecule has 24 heavy (non-hydrogen) atoms.